The minimum Gasteiger partial charge on any atom is -0.481 e. The molecule has 1 aliphatic rings. The molecule has 12 heteroatoms. The normalized spacial score (nSPS) is 18.9. The smallest absolute Gasteiger partial charge is 0.431 e. The Morgan fingerprint density at radius 1 is 1.22 bits per heavy atom. The summed E-state index contributed by atoms with van der Waals surface area (Å²) in [5.41, 5.74) is -1.09. The summed E-state index contributed by atoms with van der Waals surface area (Å²) in [5, 5.41) is 23.1. The van der Waals surface area contributed by atoms with E-state index in [0.717, 1.165) is 11.9 Å². The van der Waals surface area contributed by atoms with Crippen molar-refractivity contribution in [1.29, 1.82) is 0 Å². The summed E-state index contributed by atoms with van der Waals surface area (Å²) < 4.78 is 58.0. The number of rotatable bonds is 5. The molecule has 2 unspecified atom stereocenters. The van der Waals surface area contributed by atoms with Gasteiger partial charge in [0.15, 0.2) is 24.4 Å². The zero-order valence-corrected chi connectivity index (χ0v) is 17.2. The first-order valence-electron chi connectivity index (χ1n) is 9.12. The van der Waals surface area contributed by atoms with Crippen LogP contribution >= 0.6 is 11.6 Å². The number of alkyl halides is 3. The van der Waals surface area contributed by atoms with Gasteiger partial charge in [0, 0.05) is 12.7 Å². The first-order valence-corrected chi connectivity index (χ1v) is 9.50. The van der Waals surface area contributed by atoms with Gasteiger partial charge in [-0.1, -0.05) is 23.7 Å². The zero-order chi connectivity index (χ0) is 23.6. The topological polar surface area (TPSA) is 85.3 Å². The van der Waals surface area contributed by atoms with Gasteiger partial charge in [-0.15, -0.1) is 0 Å². The minimum atomic E-state index is -4.78. The Balaban J connectivity index is 1.77. The molecule has 0 radical (unpaired) electrons. The molecule has 0 fully saturated rings. The molecule has 1 amide bonds. The molecule has 1 aliphatic heterocycles. The Labute approximate surface area is 185 Å². The summed E-state index contributed by atoms with van der Waals surface area (Å²) in [6.07, 6.45) is -7.91. The minimum absolute atomic E-state index is 0.0407. The van der Waals surface area contributed by atoms with Gasteiger partial charge in [0.25, 0.3) is 5.91 Å². The highest BCUT2D eigenvalue weighted by atomic mass is 35.5. The number of benzene rings is 2. The molecule has 2 atom stereocenters. The summed E-state index contributed by atoms with van der Waals surface area (Å²) in [6, 6.07) is 9.43. The molecule has 3 rings (SSSR count). The van der Waals surface area contributed by atoms with Gasteiger partial charge >= 0.3 is 6.18 Å². The van der Waals surface area contributed by atoms with Crippen LogP contribution in [0.1, 0.15) is 0 Å². The van der Waals surface area contributed by atoms with Crippen LogP contribution in [0.15, 0.2) is 54.2 Å². The third kappa shape index (κ3) is 5.06. The van der Waals surface area contributed by atoms with Crippen LogP contribution in [0.4, 0.5) is 28.9 Å². The number of carbonyl (C=O) groups excluding carboxylic acids is 1. The standard InChI is InChI=1S/C20H18ClF4N3O4/c1-27-16(20(23,24)25)9-18(30)28(19(27)31)11-6-7-12(21)14(8-11)26-17(29)10-32-15-5-3-2-4-13(15)22/h2-9,18-19,30-31H,10H2,1H3,(H,26,29). The van der Waals surface area contributed by atoms with Gasteiger partial charge in [-0.2, -0.15) is 13.2 Å². The van der Waals surface area contributed by atoms with Crippen molar-refractivity contribution in [3.05, 3.63) is 65.1 Å². The van der Waals surface area contributed by atoms with Crippen LogP contribution in [-0.4, -0.2) is 53.4 Å². The Hall–Kier alpha value is -3.02. The van der Waals surface area contributed by atoms with Crippen molar-refractivity contribution < 1.29 is 37.3 Å². The van der Waals surface area contributed by atoms with E-state index in [1.165, 1.54) is 42.5 Å². The van der Waals surface area contributed by atoms with E-state index in [1.54, 1.807) is 0 Å². The summed E-state index contributed by atoms with van der Waals surface area (Å²) in [6.45, 7) is -0.545. The Morgan fingerprint density at radius 2 is 1.91 bits per heavy atom. The predicted molar refractivity (Wildman–Crippen MR) is 108 cm³/mol. The summed E-state index contributed by atoms with van der Waals surface area (Å²) in [7, 11) is 1.02. The molecule has 172 valence electrons. The van der Waals surface area contributed by atoms with E-state index in [9.17, 15) is 32.6 Å². The van der Waals surface area contributed by atoms with Gasteiger partial charge in [-0.3, -0.25) is 9.69 Å². The van der Waals surface area contributed by atoms with Crippen molar-refractivity contribution in [2.75, 3.05) is 23.9 Å². The number of carbonyl (C=O) groups is 1. The molecule has 0 bridgehead atoms. The lowest BCUT2D eigenvalue weighted by Crippen LogP contribution is -2.56. The van der Waals surface area contributed by atoms with Crippen LogP contribution in [-0.2, 0) is 4.79 Å². The second-order valence-corrected chi connectivity index (χ2v) is 7.17. The third-order valence-corrected chi connectivity index (χ3v) is 4.90. The second kappa shape index (κ2) is 9.23. The molecule has 0 saturated carbocycles. The third-order valence-electron chi connectivity index (χ3n) is 4.58. The maximum atomic E-state index is 13.6. The number of hydrogen-bond acceptors (Lipinski definition) is 6. The Bertz CT molecular complexity index is 1030. The lowest BCUT2D eigenvalue weighted by Gasteiger charge is -2.43. The number of hydrogen-bond donors (Lipinski definition) is 3. The molecule has 0 aromatic heterocycles. The average molecular weight is 476 g/mol. The van der Waals surface area contributed by atoms with Crippen molar-refractivity contribution in [3.63, 3.8) is 0 Å². The van der Waals surface area contributed by atoms with E-state index >= 15 is 0 Å². The number of ether oxygens (including phenoxy) is 1. The number of amides is 1. The van der Waals surface area contributed by atoms with Gasteiger partial charge in [0.1, 0.15) is 5.70 Å². The fraction of sp³-hybridized carbons (Fsp3) is 0.250. The highest BCUT2D eigenvalue weighted by molar-refractivity contribution is 6.33. The van der Waals surface area contributed by atoms with E-state index < -0.39 is 42.8 Å². The van der Waals surface area contributed by atoms with Crippen LogP contribution in [0.5, 0.6) is 5.75 Å². The number of nitrogens with zero attached hydrogens (tertiary/aromatic N) is 2. The first kappa shape index (κ1) is 23.6. The number of nitrogens with one attached hydrogen (secondary N) is 1. The average Bonchev–Trinajstić information content (AvgIpc) is 2.71. The van der Waals surface area contributed by atoms with Crippen LogP contribution in [0.3, 0.4) is 0 Å². The van der Waals surface area contributed by atoms with Crippen LogP contribution in [0.25, 0.3) is 0 Å². The molecule has 0 saturated heterocycles. The van der Waals surface area contributed by atoms with Crippen LogP contribution < -0.4 is 15.0 Å². The Morgan fingerprint density at radius 3 is 2.56 bits per heavy atom. The number of aliphatic hydroxyl groups excluding tert-OH is 2. The highest BCUT2D eigenvalue weighted by Crippen LogP contribution is 2.36. The maximum Gasteiger partial charge on any atom is 0.431 e. The van der Waals surface area contributed by atoms with Crippen LogP contribution in [0, 0.1) is 5.82 Å². The van der Waals surface area contributed by atoms with Gasteiger partial charge in [-0.05, 0) is 36.4 Å². The quantitative estimate of drug-likeness (QED) is 0.576. The van der Waals surface area contributed by atoms with E-state index in [1.807, 2.05) is 0 Å². The fourth-order valence-electron chi connectivity index (χ4n) is 3.03. The van der Waals surface area contributed by atoms with E-state index in [4.69, 9.17) is 16.3 Å². The van der Waals surface area contributed by atoms with Crippen molar-refractivity contribution in [2.45, 2.75) is 18.8 Å². The molecule has 32 heavy (non-hydrogen) atoms. The predicted octanol–water partition coefficient (Wildman–Crippen LogP) is 3.29. The summed E-state index contributed by atoms with van der Waals surface area (Å²) in [5.74, 6) is -1.47. The largest absolute Gasteiger partial charge is 0.481 e. The van der Waals surface area contributed by atoms with Crippen molar-refractivity contribution >= 4 is 28.9 Å². The maximum absolute atomic E-state index is 13.6. The number of aliphatic hydroxyl groups is 2. The molecule has 2 aromatic rings. The summed E-state index contributed by atoms with van der Waals surface area (Å²) in [4.78, 5) is 13.6. The van der Waals surface area contributed by atoms with Gasteiger partial charge in [-0.25, -0.2) is 4.39 Å². The molecule has 3 N–H and O–H groups in total. The molecule has 0 aliphatic carbocycles. The lowest BCUT2D eigenvalue weighted by atomic mass is 10.2. The van der Waals surface area contributed by atoms with E-state index in [0.29, 0.717) is 11.0 Å². The highest BCUT2D eigenvalue weighted by Gasteiger charge is 2.44. The molecular formula is C20H18ClF4N3O4. The van der Waals surface area contributed by atoms with Crippen molar-refractivity contribution in [1.82, 2.24) is 4.90 Å². The van der Waals surface area contributed by atoms with Crippen molar-refractivity contribution in [2.24, 2.45) is 0 Å². The number of allylic oxidation sites excluding steroid dienone is 1. The molecule has 1 heterocycles. The first-order chi connectivity index (χ1) is 15.0. The lowest BCUT2D eigenvalue weighted by molar-refractivity contribution is -0.133. The van der Waals surface area contributed by atoms with Gasteiger partial charge < -0.3 is 25.2 Å². The SMILES string of the molecule is CN1C(C(F)(F)F)=CC(O)N(c2ccc(Cl)c(NC(=O)COc3ccccc3F)c2)C1O. The second-order valence-electron chi connectivity index (χ2n) is 6.76. The molecule has 0 spiro atoms. The van der Waals surface area contributed by atoms with Gasteiger partial charge in [0.2, 0.25) is 6.35 Å². The number of halogens is 5. The van der Waals surface area contributed by atoms with Gasteiger partial charge in [0.05, 0.1) is 10.7 Å². The molecular weight excluding hydrogens is 458 g/mol. The number of para-hydroxylation sites is 1. The number of anilines is 2. The van der Waals surface area contributed by atoms with Crippen molar-refractivity contribution in [3.8, 4) is 5.75 Å². The van der Waals surface area contributed by atoms with E-state index in [-0.39, 0.29) is 22.1 Å². The van der Waals surface area contributed by atoms with E-state index in [2.05, 4.69) is 5.32 Å². The monoisotopic (exact) mass is 475 g/mol. The Kier molecular flexibility index (Phi) is 6.82. The molecule has 2 aromatic carbocycles. The fourth-order valence-corrected chi connectivity index (χ4v) is 3.19. The zero-order valence-electron chi connectivity index (χ0n) is 16.5. The van der Waals surface area contributed by atoms with Crippen LogP contribution in [0.2, 0.25) is 5.02 Å². The summed E-state index contributed by atoms with van der Waals surface area (Å²) >= 11 is 6.08. The molecule has 7 nitrogen and oxygen atoms in total.